The van der Waals surface area contributed by atoms with Gasteiger partial charge in [-0.1, -0.05) is 0 Å². The molecule has 1 saturated heterocycles. The van der Waals surface area contributed by atoms with Crippen molar-refractivity contribution in [3.05, 3.63) is 35.8 Å². The maximum absolute atomic E-state index is 12.2. The Morgan fingerprint density at radius 1 is 1.22 bits per heavy atom. The van der Waals surface area contributed by atoms with Gasteiger partial charge in [0.1, 0.15) is 0 Å². The number of carbonyl (C=O) groups excluding carboxylic acids is 1. The molecule has 23 heavy (non-hydrogen) atoms. The van der Waals surface area contributed by atoms with Crippen molar-refractivity contribution >= 4 is 48.1 Å². The fourth-order valence-corrected chi connectivity index (χ4v) is 5.33. The summed E-state index contributed by atoms with van der Waals surface area (Å²) in [5, 5.41) is 1.86. The van der Waals surface area contributed by atoms with E-state index in [4.69, 9.17) is 0 Å². The Morgan fingerprint density at radius 3 is 2.43 bits per heavy atom. The fourth-order valence-electron chi connectivity index (χ4n) is 2.08. The number of anilines is 2. The molecule has 0 bridgehead atoms. The summed E-state index contributed by atoms with van der Waals surface area (Å²) in [6.45, 7) is 0. The number of benzene rings is 1. The van der Waals surface area contributed by atoms with Crippen LogP contribution in [0.5, 0.6) is 0 Å². The quantitative estimate of drug-likeness (QED) is 0.856. The molecule has 0 atom stereocenters. The molecule has 0 spiro atoms. The first kappa shape index (κ1) is 15.9. The van der Waals surface area contributed by atoms with Gasteiger partial charge in [-0.2, -0.15) is 0 Å². The van der Waals surface area contributed by atoms with Crippen molar-refractivity contribution in [2.45, 2.75) is 11.3 Å². The first-order valence-corrected chi connectivity index (χ1v) is 10.3. The summed E-state index contributed by atoms with van der Waals surface area (Å²) in [6.07, 6.45) is 1.39. The van der Waals surface area contributed by atoms with Crippen molar-refractivity contribution in [3.63, 3.8) is 0 Å². The highest BCUT2D eigenvalue weighted by Crippen LogP contribution is 2.27. The van der Waals surface area contributed by atoms with Gasteiger partial charge in [-0.05, 0) is 24.3 Å². The minimum Gasteiger partial charge on any atom is -0.273 e. The van der Waals surface area contributed by atoms with Crippen LogP contribution in [0.15, 0.2) is 40.7 Å². The maximum atomic E-state index is 12.2. The number of sulfonamides is 2. The van der Waals surface area contributed by atoms with Crippen molar-refractivity contribution in [2.75, 3.05) is 14.8 Å². The second-order valence-corrected chi connectivity index (χ2v) is 9.18. The zero-order chi connectivity index (χ0) is 16.7. The average Bonchev–Trinajstić information content (AvgIpc) is 3.07. The van der Waals surface area contributed by atoms with E-state index >= 15 is 0 Å². The Labute approximate surface area is 136 Å². The normalized spacial score (nSPS) is 17.4. The van der Waals surface area contributed by atoms with Crippen LogP contribution in [-0.2, 0) is 24.8 Å². The molecule has 11 heteroatoms. The van der Waals surface area contributed by atoms with Crippen molar-refractivity contribution in [2.24, 2.45) is 0 Å². The Hall–Kier alpha value is -1.98. The molecular formula is C12H11N3O5S3. The molecular weight excluding hydrogens is 362 g/mol. The third-order valence-electron chi connectivity index (χ3n) is 3.11. The maximum Gasteiger partial charge on any atom is 0.263 e. The summed E-state index contributed by atoms with van der Waals surface area (Å²) in [5.41, 5.74) is 0.126. The van der Waals surface area contributed by atoms with Gasteiger partial charge in [0, 0.05) is 18.0 Å². The van der Waals surface area contributed by atoms with E-state index < -0.39 is 26.0 Å². The standard InChI is InChI=1S/C12H11N3O5S3/c16-11-5-8-22(17,18)15(11)9-1-3-10(4-2-9)23(19,20)14-12-13-6-7-21-12/h1-4,6-7H,5,8H2,(H,13,14). The number of nitrogens with one attached hydrogen (secondary N) is 1. The summed E-state index contributed by atoms with van der Waals surface area (Å²) in [7, 11) is -7.49. The molecule has 1 amide bonds. The Bertz CT molecular complexity index is 934. The zero-order valence-corrected chi connectivity index (χ0v) is 14.0. The first-order chi connectivity index (χ1) is 10.8. The highest BCUT2D eigenvalue weighted by Gasteiger charge is 2.36. The lowest BCUT2D eigenvalue weighted by Crippen LogP contribution is -2.29. The van der Waals surface area contributed by atoms with Crippen molar-refractivity contribution < 1.29 is 21.6 Å². The number of carbonyl (C=O) groups is 1. The van der Waals surface area contributed by atoms with Gasteiger partial charge in [-0.3, -0.25) is 9.52 Å². The summed E-state index contributed by atoms with van der Waals surface area (Å²) in [5.74, 6) is -0.765. The monoisotopic (exact) mass is 373 g/mol. The third kappa shape index (κ3) is 3.07. The van der Waals surface area contributed by atoms with Crippen LogP contribution in [0.25, 0.3) is 0 Å². The van der Waals surface area contributed by atoms with Crippen LogP contribution in [-0.4, -0.2) is 33.5 Å². The van der Waals surface area contributed by atoms with Crippen LogP contribution >= 0.6 is 11.3 Å². The first-order valence-electron chi connectivity index (χ1n) is 6.38. The van der Waals surface area contributed by atoms with Gasteiger partial charge in [0.2, 0.25) is 15.9 Å². The van der Waals surface area contributed by atoms with E-state index in [-0.39, 0.29) is 27.9 Å². The largest absolute Gasteiger partial charge is 0.273 e. The van der Waals surface area contributed by atoms with Crippen LogP contribution in [0.2, 0.25) is 0 Å². The molecule has 0 radical (unpaired) electrons. The van der Waals surface area contributed by atoms with Gasteiger partial charge < -0.3 is 0 Å². The molecule has 0 aliphatic carbocycles. The van der Waals surface area contributed by atoms with Crippen LogP contribution < -0.4 is 9.03 Å². The summed E-state index contributed by atoms with van der Waals surface area (Å²) in [4.78, 5) is 15.5. The van der Waals surface area contributed by atoms with Crippen LogP contribution in [0, 0.1) is 0 Å². The lowest BCUT2D eigenvalue weighted by Gasteiger charge is -2.15. The SMILES string of the molecule is O=C1CCS(=O)(=O)N1c1ccc(S(=O)(=O)Nc2nccs2)cc1. The van der Waals surface area contributed by atoms with Crippen LogP contribution in [0.1, 0.15) is 6.42 Å². The van der Waals surface area contributed by atoms with Gasteiger partial charge >= 0.3 is 0 Å². The highest BCUT2D eigenvalue weighted by molar-refractivity contribution is 7.94. The smallest absolute Gasteiger partial charge is 0.263 e. The Balaban J connectivity index is 1.89. The molecule has 8 nitrogen and oxygen atoms in total. The van der Waals surface area contributed by atoms with Gasteiger partial charge in [-0.15, -0.1) is 11.3 Å². The minimum absolute atomic E-state index is 0.0551. The second kappa shape index (κ2) is 5.58. The van der Waals surface area contributed by atoms with Crippen molar-refractivity contribution in [1.29, 1.82) is 0 Å². The average molecular weight is 373 g/mol. The second-order valence-electron chi connectivity index (χ2n) is 4.66. The number of hydrogen-bond donors (Lipinski definition) is 1. The highest BCUT2D eigenvalue weighted by atomic mass is 32.2. The predicted octanol–water partition coefficient (Wildman–Crippen LogP) is 1.01. The number of amides is 1. The summed E-state index contributed by atoms with van der Waals surface area (Å²) in [6, 6.07) is 5.06. The Morgan fingerprint density at radius 2 is 1.91 bits per heavy atom. The lowest BCUT2D eigenvalue weighted by atomic mass is 10.3. The summed E-state index contributed by atoms with van der Waals surface area (Å²) < 4.78 is 51.0. The van der Waals surface area contributed by atoms with Gasteiger partial charge in [-0.25, -0.2) is 26.1 Å². The van der Waals surface area contributed by atoms with E-state index in [1.807, 2.05) is 0 Å². The molecule has 2 aromatic rings. The number of nitrogens with zero attached hydrogens (tertiary/aromatic N) is 2. The zero-order valence-electron chi connectivity index (χ0n) is 11.5. The topological polar surface area (TPSA) is 114 Å². The van der Waals surface area contributed by atoms with Crippen LogP contribution in [0.3, 0.4) is 0 Å². The van der Waals surface area contributed by atoms with E-state index in [1.54, 1.807) is 5.38 Å². The molecule has 1 aliphatic rings. The van der Waals surface area contributed by atoms with Gasteiger partial charge in [0.05, 0.1) is 16.3 Å². The molecule has 0 unspecified atom stereocenters. The van der Waals surface area contributed by atoms with Crippen LogP contribution in [0.4, 0.5) is 10.8 Å². The summed E-state index contributed by atoms with van der Waals surface area (Å²) >= 11 is 1.13. The Kier molecular flexibility index (Phi) is 3.86. The molecule has 1 N–H and O–H groups in total. The van der Waals surface area contributed by atoms with E-state index in [2.05, 4.69) is 9.71 Å². The molecule has 1 aromatic carbocycles. The van der Waals surface area contributed by atoms with E-state index in [0.29, 0.717) is 4.31 Å². The van der Waals surface area contributed by atoms with Crippen molar-refractivity contribution in [1.82, 2.24) is 4.98 Å². The number of rotatable bonds is 4. The molecule has 2 heterocycles. The number of hydrogen-bond acceptors (Lipinski definition) is 7. The fraction of sp³-hybridized carbons (Fsp3) is 0.167. The molecule has 1 aliphatic heterocycles. The molecule has 1 aromatic heterocycles. The lowest BCUT2D eigenvalue weighted by molar-refractivity contribution is -0.116. The molecule has 1 fully saturated rings. The molecule has 122 valence electrons. The third-order valence-corrected chi connectivity index (χ3v) is 6.98. The van der Waals surface area contributed by atoms with E-state index in [1.165, 1.54) is 30.5 Å². The van der Waals surface area contributed by atoms with Gasteiger partial charge in [0.15, 0.2) is 5.13 Å². The molecule has 3 rings (SSSR count). The van der Waals surface area contributed by atoms with Gasteiger partial charge in [0.25, 0.3) is 10.0 Å². The predicted molar refractivity (Wildman–Crippen MR) is 85.3 cm³/mol. The minimum atomic E-state index is -3.82. The van der Waals surface area contributed by atoms with Crippen molar-refractivity contribution in [3.8, 4) is 0 Å². The van der Waals surface area contributed by atoms with E-state index in [0.717, 1.165) is 11.3 Å². The number of thiazole rings is 1. The molecule has 0 saturated carbocycles. The van der Waals surface area contributed by atoms with E-state index in [9.17, 15) is 21.6 Å². The number of aromatic nitrogens is 1.